The van der Waals surface area contributed by atoms with Crippen molar-refractivity contribution in [1.29, 1.82) is 0 Å². The number of aliphatic imine (C=N–C) groups is 1. The molecule has 3 aromatic rings. The van der Waals surface area contributed by atoms with Gasteiger partial charge in [-0.15, -0.1) is 0 Å². The molecule has 2 aromatic carbocycles. The van der Waals surface area contributed by atoms with E-state index in [0.717, 1.165) is 11.1 Å². The van der Waals surface area contributed by atoms with E-state index in [1.165, 1.54) is 11.1 Å². The van der Waals surface area contributed by atoms with Gasteiger partial charge in [0.25, 0.3) is 0 Å². The van der Waals surface area contributed by atoms with Crippen LogP contribution in [0.4, 0.5) is 4.79 Å². The molecule has 0 fully saturated rings. The third-order valence-electron chi connectivity index (χ3n) is 5.21. The SMILES string of the molecule is CCOc1ncc(C2=NC(c3ccc(Cl)cc3)C(c3ccc(Cl)cc3)N2C(=O)Cl)c(OCC)n1. The number of benzene rings is 2. The lowest BCUT2D eigenvalue weighted by Crippen LogP contribution is -2.34. The summed E-state index contributed by atoms with van der Waals surface area (Å²) in [5.41, 5.74) is 2.09. The largest absolute Gasteiger partial charge is 0.477 e. The summed E-state index contributed by atoms with van der Waals surface area (Å²) in [6, 6.07) is 13.7. The summed E-state index contributed by atoms with van der Waals surface area (Å²) in [4.78, 5) is 27.8. The van der Waals surface area contributed by atoms with Gasteiger partial charge in [-0.3, -0.25) is 14.7 Å². The topological polar surface area (TPSA) is 76.9 Å². The maximum Gasteiger partial charge on any atom is 0.322 e. The van der Waals surface area contributed by atoms with Gasteiger partial charge in [-0.2, -0.15) is 4.98 Å². The van der Waals surface area contributed by atoms with Gasteiger partial charge in [-0.25, -0.2) is 4.98 Å². The van der Waals surface area contributed by atoms with Crippen molar-refractivity contribution >= 4 is 46.0 Å². The Balaban J connectivity index is 1.89. The Bertz CT molecular complexity index is 1200. The summed E-state index contributed by atoms with van der Waals surface area (Å²) in [6.45, 7) is 4.41. The van der Waals surface area contributed by atoms with Crippen molar-refractivity contribution in [1.82, 2.24) is 14.9 Å². The van der Waals surface area contributed by atoms with Gasteiger partial charge in [0.15, 0.2) is 0 Å². The van der Waals surface area contributed by atoms with Gasteiger partial charge in [0, 0.05) is 16.2 Å². The number of nitrogens with zero attached hydrogens (tertiary/aromatic N) is 4. The third kappa shape index (κ3) is 4.97. The standard InChI is InChI=1S/C24H21Cl3N4O3/c1-3-33-22-18(13-28-24(30-22)34-4-2)21-29-19(14-5-9-16(25)10-6-14)20(31(21)23(27)32)15-7-11-17(26)12-8-15/h5-13,19-20H,3-4H2,1-2H3. The Morgan fingerprint density at radius 2 is 1.53 bits per heavy atom. The number of carbonyl (C=O) groups excluding carboxylic acids is 1. The molecule has 0 saturated carbocycles. The summed E-state index contributed by atoms with van der Waals surface area (Å²) >= 11 is 18.4. The molecule has 10 heteroatoms. The second kappa shape index (κ2) is 10.6. The van der Waals surface area contributed by atoms with Crippen molar-refractivity contribution in [2.45, 2.75) is 25.9 Å². The third-order valence-corrected chi connectivity index (χ3v) is 5.89. The van der Waals surface area contributed by atoms with Crippen LogP contribution in [0.15, 0.2) is 59.7 Å². The first-order chi connectivity index (χ1) is 16.4. The van der Waals surface area contributed by atoms with Crippen molar-refractivity contribution in [2.24, 2.45) is 4.99 Å². The number of hydrogen-bond donors (Lipinski definition) is 0. The van der Waals surface area contributed by atoms with E-state index < -0.39 is 17.5 Å². The predicted octanol–water partition coefficient (Wildman–Crippen LogP) is 6.48. The average molecular weight is 520 g/mol. The van der Waals surface area contributed by atoms with E-state index in [0.29, 0.717) is 34.7 Å². The van der Waals surface area contributed by atoms with Crippen LogP contribution in [-0.4, -0.2) is 39.3 Å². The van der Waals surface area contributed by atoms with Crippen molar-refractivity contribution in [3.8, 4) is 11.9 Å². The molecule has 4 rings (SSSR count). The lowest BCUT2D eigenvalue weighted by atomic mass is 9.94. The summed E-state index contributed by atoms with van der Waals surface area (Å²) in [6.07, 6.45) is 1.53. The highest BCUT2D eigenvalue weighted by molar-refractivity contribution is 6.64. The van der Waals surface area contributed by atoms with Gasteiger partial charge in [-0.1, -0.05) is 47.5 Å². The zero-order chi connectivity index (χ0) is 24.2. The number of hydrogen-bond acceptors (Lipinski definition) is 6. The summed E-state index contributed by atoms with van der Waals surface area (Å²) in [5.74, 6) is 0.542. The Kier molecular flexibility index (Phi) is 7.56. The Hall–Kier alpha value is -2.87. The maximum atomic E-state index is 12.8. The van der Waals surface area contributed by atoms with Gasteiger partial charge in [0.1, 0.15) is 11.9 Å². The molecule has 2 heterocycles. The molecule has 1 aliphatic heterocycles. The van der Waals surface area contributed by atoms with Crippen LogP contribution in [0.1, 0.15) is 42.6 Å². The van der Waals surface area contributed by atoms with E-state index in [1.807, 2.05) is 38.1 Å². The first-order valence-electron chi connectivity index (χ1n) is 10.6. The smallest absolute Gasteiger partial charge is 0.322 e. The van der Waals surface area contributed by atoms with E-state index in [2.05, 4.69) is 9.97 Å². The number of amides is 1. The number of ether oxygens (including phenoxy) is 2. The second-order valence-electron chi connectivity index (χ2n) is 7.31. The number of carbonyl (C=O) groups is 1. The molecule has 7 nitrogen and oxygen atoms in total. The van der Waals surface area contributed by atoms with Crippen LogP contribution in [0.3, 0.4) is 0 Å². The summed E-state index contributed by atoms with van der Waals surface area (Å²) < 4.78 is 11.2. The Labute approximate surface area is 212 Å². The monoisotopic (exact) mass is 518 g/mol. The molecule has 0 N–H and O–H groups in total. The molecule has 34 heavy (non-hydrogen) atoms. The second-order valence-corrected chi connectivity index (χ2v) is 8.50. The first-order valence-corrected chi connectivity index (χ1v) is 11.8. The average Bonchev–Trinajstić information content (AvgIpc) is 3.21. The van der Waals surface area contributed by atoms with Crippen molar-refractivity contribution < 1.29 is 14.3 Å². The minimum atomic E-state index is -0.702. The highest BCUT2D eigenvalue weighted by atomic mass is 35.5. The lowest BCUT2D eigenvalue weighted by molar-refractivity contribution is 0.231. The van der Waals surface area contributed by atoms with E-state index in [9.17, 15) is 4.79 Å². The zero-order valence-electron chi connectivity index (χ0n) is 18.4. The molecule has 0 spiro atoms. The Morgan fingerprint density at radius 1 is 0.941 bits per heavy atom. The van der Waals surface area contributed by atoms with Crippen LogP contribution >= 0.6 is 34.8 Å². The molecular formula is C24H21Cl3N4O3. The molecule has 0 bridgehead atoms. The molecule has 1 aromatic heterocycles. The van der Waals surface area contributed by atoms with Gasteiger partial charge in [0.2, 0.25) is 5.88 Å². The van der Waals surface area contributed by atoms with Crippen LogP contribution in [-0.2, 0) is 0 Å². The fraction of sp³-hybridized carbons (Fsp3) is 0.250. The first kappa shape index (κ1) is 24.3. The lowest BCUT2D eigenvalue weighted by Gasteiger charge is -2.28. The normalized spacial score (nSPS) is 17.4. The van der Waals surface area contributed by atoms with E-state index in [-0.39, 0.29) is 11.9 Å². The number of halogens is 3. The van der Waals surface area contributed by atoms with E-state index in [4.69, 9.17) is 49.3 Å². The van der Waals surface area contributed by atoms with Crippen LogP contribution in [0, 0.1) is 0 Å². The summed E-state index contributed by atoms with van der Waals surface area (Å²) in [5, 5.41) is 0.470. The van der Waals surface area contributed by atoms with Gasteiger partial charge >= 0.3 is 11.4 Å². The van der Waals surface area contributed by atoms with Crippen LogP contribution < -0.4 is 9.47 Å². The molecule has 0 radical (unpaired) electrons. The molecule has 0 saturated heterocycles. The predicted molar refractivity (Wildman–Crippen MR) is 132 cm³/mol. The van der Waals surface area contributed by atoms with Crippen LogP contribution in [0.25, 0.3) is 0 Å². The highest BCUT2D eigenvalue weighted by Gasteiger charge is 2.43. The highest BCUT2D eigenvalue weighted by Crippen LogP contribution is 2.45. The molecular weight excluding hydrogens is 499 g/mol. The van der Waals surface area contributed by atoms with Gasteiger partial charge in [0.05, 0.1) is 24.8 Å². The fourth-order valence-electron chi connectivity index (χ4n) is 3.79. The maximum absolute atomic E-state index is 12.8. The molecule has 1 amide bonds. The molecule has 1 aliphatic rings. The number of aromatic nitrogens is 2. The minimum absolute atomic E-state index is 0.167. The van der Waals surface area contributed by atoms with Crippen LogP contribution in [0.2, 0.25) is 10.0 Å². The van der Waals surface area contributed by atoms with Crippen molar-refractivity contribution in [2.75, 3.05) is 13.2 Å². The number of amidine groups is 1. The molecule has 176 valence electrons. The quantitative estimate of drug-likeness (QED) is 0.264. The van der Waals surface area contributed by atoms with Crippen molar-refractivity contribution in [3.63, 3.8) is 0 Å². The van der Waals surface area contributed by atoms with Gasteiger partial charge in [-0.05, 0) is 60.8 Å². The number of rotatable bonds is 7. The molecule has 2 atom stereocenters. The molecule has 0 aliphatic carbocycles. The van der Waals surface area contributed by atoms with Crippen LogP contribution in [0.5, 0.6) is 11.9 Å². The van der Waals surface area contributed by atoms with Gasteiger partial charge < -0.3 is 9.47 Å². The van der Waals surface area contributed by atoms with E-state index in [1.54, 1.807) is 24.3 Å². The summed E-state index contributed by atoms with van der Waals surface area (Å²) in [7, 11) is 0. The van der Waals surface area contributed by atoms with Crippen molar-refractivity contribution in [3.05, 3.63) is 81.5 Å². The Morgan fingerprint density at radius 3 is 2.09 bits per heavy atom. The fourth-order valence-corrected chi connectivity index (χ4v) is 4.22. The minimum Gasteiger partial charge on any atom is -0.477 e. The zero-order valence-corrected chi connectivity index (χ0v) is 20.7. The molecule has 2 unspecified atom stereocenters. The van der Waals surface area contributed by atoms with E-state index >= 15 is 0 Å².